The predicted molar refractivity (Wildman–Crippen MR) is 70.3 cm³/mol. The van der Waals surface area contributed by atoms with Gasteiger partial charge in [0.2, 0.25) is 0 Å². The first-order valence-electron chi connectivity index (χ1n) is 6.41. The van der Waals surface area contributed by atoms with E-state index >= 15 is 0 Å². The fourth-order valence-corrected chi connectivity index (χ4v) is 2.39. The third-order valence-corrected chi connectivity index (χ3v) is 3.35. The van der Waals surface area contributed by atoms with Gasteiger partial charge in [-0.2, -0.15) is 4.98 Å². The molecular formula is C13H14N4O3. The smallest absolute Gasteiger partial charge is 0.326 e. The molecule has 1 atom stereocenters. The zero-order valence-electron chi connectivity index (χ0n) is 11.0. The van der Waals surface area contributed by atoms with Crippen molar-refractivity contribution in [3.63, 3.8) is 0 Å². The molecule has 7 nitrogen and oxygen atoms in total. The lowest BCUT2D eigenvalue weighted by atomic mass is 10.2. The van der Waals surface area contributed by atoms with Crippen LogP contribution in [0.25, 0.3) is 11.5 Å². The quantitative estimate of drug-likeness (QED) is 0.906. The van der Waals surface area contributed by atoms with Gasteiger partial charge in [0.25, 0.3) is 5.89 Å². The van der Waals surface area contributed by atoms with Crippen LogP contribution in [0.15, 0.2) is 22.9 Å². The van der Waals surface area contributed by atoms with Crippen molar-refractivity contribution in [2.75, 3.05) is 11.4 Å². The SMILES string of the molecule is Cc1noc(-c2ccc(N3CCCC3C(=O)O)nc2)n1. The maximum Gasteiger partial charge on any atom is 0.326 e. The molecule has 1 N–H and O–H groups in total. The highest BCUT2D eigenvalue weighted by Gasteiger charge is 2.31. The van der Waals surface area contributed by atoms with E-state index in [0.29, 0.717) is 30.5 Å². The molecule has 0 bridgehead atoms. The Bertz CT molecular complexity index is 623. The van der Waals surface area contributed by atoms with Gasteiger partial charge in [0, 0.05) is 12.7 Å². The van der Waals surface area contributed by atoms with E-state index in [2.05, 4.69) is 15.1 Å². The maximum atomic E-state index is 11.2. The number of hydrogen-bond acceptors (Lipinski definition) is 6. The lowest BCUT2D eigenvalue weighted by Crippen LogP contribution is -2.36. The second kappa shape index (κ2) is 4.92. The summed E-state index contributed by atoms with van der Waals surface area (Å²) in [5.74, 6) is 0.836. The van der Waals surface area contributed by atoms with Gasteiger partial charge in [0.1, 0.15) is 11.9 Å². The van der Waals surface area contributed by atoms with Crippen molar-refractivity contribution in [3.8, 4) is 11.5 Å². The summed E-state index contributed by atoms with van der Waals surface area (Å²) in [7, 11) is 0. The number of carboxylic acid groups (broad SMARTS) is 1. The van der Waals surface area contributed by atoms with Crippen molar-refractivity contribution in [2.45, 2.75) is 25.8 Å². The number of aliphatic carboxylic acids is 1. The third kappa shape index (κ3) is 2.22. The minimum Gasteiger partial charge on any atom is -0.480 e. The molecular weight excluding hydrogens is 260 g/mol. The fourth-order valence-electron chi connectivity index (χ4n) is 2.39. The van der Waals surface area contributed by atoms with E-state index in [4.69, 9.17) is 4.52 Å². The molecule has 1 aliphatic heterocycles. The van der Waals surface area contributed by atoms with E-state index in [-0.39, 0.29) is 0 Å². The molecule has 1 unspecified atom stereocenters. The largest absolute Gasteiger partial charge is 0.480 e. The van der Waals surface area contributed by atoms with Gasteiger partial charge in [0.15, 0.2) is 5.82 Å². The Morgan fingerprint density at radius 2 is 2.35 bits per heavy atom. The summed E-state index contributed by atoms with van der Waals surface area (Å²) in [5.41, 5.74) is 0.723. The van der Waals surface area contributed by atoms with Crippen LogP contribution in [0.1, 0.15) is 18.7 Å². The number of pyridine rings is 1. The average Bonchev–Trinajstić information content (AvgIpc) is 3.07. The Labute approximate surface area is 115 Å². The summed E-state index contributed by atoms with van der Waals surface area (Å²) < 4.78 is 5.07. The van der Waals surface area contributed by atoms with Gasteiger partial charge >= 0.3 is 5.97 Å². The topological polar surface area (TPSA) is 92.4 Å². The minimum atomic E-state index is -0.805. The molecule has 0 radical (unpaired) electrons. The van der Waals surface area contributed by atoms with Gasteiger partial charge in [0.05, 0.1) is 5.56 Å². The standard InChI is InChI=1S/C13H14N4O3/c1-8-15-12(20-16-8)9-4-5-11(14-7-9)17-6-2-3-10(17)13(18)19/h4-5,7,10H,2-3,6H2,1H3,(H,18,19). The third-order valence-electron chi connectivity index (χ3n) is 3.35. The second-order valence-electron chi connectivity index (χ2n) is 4.74. The van der Waals surface area contributed by atoms with Gasteiger partial charge in [-0.3, -0.25) is 0 Å². The molecule has 20 heavy (non-hydrogen) atoms. The molecule has 2 aromatic rings. The Morgan fingerprint density at radius 3 is 2.95 bits per heavy atom. The van der Waals surface area contributed by atoms with E-state index in [1.807, 2.05) is 11.0 Å². The van der Waals surface area contributed by atoms with Crippen molar-refractivity contribution in [2.24, 2.45) is 0 Å². The highest BCUT2D eigenvalue weighted by Crippen LogP contribution is 2.25. The van der Waals surface area contributed by atoms with Crippen molar-refractivity contribution in [1.82, 2.24) is 15.1 Å². The van der Waals surface area contributed by atoms with Crippen LogP contribution in [0.5, 0.6) is 0 Å². The molecule has 0 amide bonds. The molecule has 0 aliphatic carbocycles. The minimum absolute atomic E-state index is 0.415. The zero-order valence-corrected chi connectivity index (χ0v) is 11.0. The van der Waals surface area contributed by atoms with Crippen molar-refractivity contribution in [3.05, 3.63) is 24.2 Å². The van der Waals surface area contributed by atoms with Gasteiger partial charge in [-0.25, -0.2) is 9.78 Å². The van der Waals surface area contributed by atoms with Crippen LogP contribution in [0, 0.1) is 6.92 Å². The van der Waals surface area contributed by atoms with Gasteiger partial charge in [-0.1, -0.05) is 5.16 Å². The second-order valence-corrected chi connectivity index (χ2v) is 4.74. The Hall–Kier alpha value is -2.44. The Balaban J connectivity index is 1.84. The molecule has 3 rings (SSSR count). The maximum absolute atomic E-state index is 11.2. The van der Waals surface area contributed by atoms with E-state index in [1.54, 1.807) is 19.2 Å². The number of hydrogen-bond donors (Lipinski definition) is 1. The Kier molecular flexibility index (Phi) is 3.09. The summed E-state index contributed by atoms with van der Waals surface area (Å²) >= 11 is 0. The number of nitrogens with zero attached hydrogens (tertiary/aromatic N) is 4. The number of aryl methyl sites for hydroxylation is 1. The molecule has 7 heteroatoms. The van der Waals surface area contributed by atoms with E-state index in [1.165, 1.54) is 0 Å². The first-order chi connectivity index (χ1) is 9.65. The highest BCUT2D eigenvalue weighted by molar-refractivity contribution is 5.78. The molecule has 0 spiro atoms. The van der Waals surface area contributed by atoms with E-state index < -0.39 is 12.0 Å². The molecule has 104 valence electrons. The number of anilines is 1. The summed E-state index contributed by atoms with van der Waals surface area (Å²) in [6.45, 7) is 2.46. The lowest BCUT2D eigenvalue weighted by molar-refractivity contribution is -0.138. The number of aromatic nitrogens is 3. The van der Waals surface area contributed by atoms with Crippen molar-refractivity contribution < 1.29 is 14.4 Å². The lowest BCUT2D eigenvalue weighted by Gasteiger charge is -2.22. The van der Waals surface area contributed by atoms with E-state index in [0.717, 1.165) is 12.0 Å². The van der Waals surface area contributed by atoms with E-state index in [9.17, 15) is 9.90 Å². The van der Waals surface area contributed by atoms with Crippen LogP contribution in [0.2, 0.25) is 0 Å². The van der Waals surface area contributed by atoms with Gasteiger partial charge < -0.3 is 14.5 Å². The number of carbonyl (C=O) groups is 1. The van der Waals surface area contributed by atoms with Gasteiger partial charge in [-0.05, 0) is 31.9 Å². The van der Waals surface area contributed by atoms with Gasteiger partial charge in [-0.15, -0.1) is 0 Å². The molecule has 1 saturated heterocycles. The molecule has 3 heterocycles. The number of rotatable bonds is 3. The highest BCUT2D eigenvalue weighted by atomic mass is 16.5. The summed E-state index contributed by atoms with van der Waals surface area (Å²) in [5, 5.41) is 12.9. The van der Waals surface area contributed by atoms with Crippen LogP contribution in [0.3, 0.4) is 0 Å². The normalized spacial score (nSPS) is 18.4. The van der Waals surface area contributed by atoms with Crippen LogP contribution >= 0.6 is 0 Å². The molecule has 1 aliphatic rings. The summed E-state index contributed by atoms with van der Waals surface area (Å²) in [4.78, 5) is 21.4. The summed E-state index contributed by atoms with van der Waals surface area (Å²) in [6, 6.07) is 3.11. The first kappa shape index (κ1) is 12.6. The average molecular weight is 274 g/mol. The van der Waals surface area contributed by atoms with Crippen LogP contribution in [0.4, 0.5) is 5.82 Å². The molecule has 2 aromatic heterocycles. The van der Waals surface area contributed by atoms with Crippen LogP contribution in [-0.4, -0.2) is 38.8 Å². The molecule has 0 saturated carbocycles. The van der Waals surface area contributed by atoms with Crippen molar-refractivity contribution in [1.29, 1.82) is 0 Å². The monoisotopic (exact) mass is 274 g/mol. The first-order valence-corrected chi connectivity index (χ1v) is 6.41. The number of carboxylic acids is 1. The summed E-state index contributed by atoms with van der Waals surface area (Å²) in [6.07, 6.45) is 3.14. The van der Waals surface area contributed by atoms with Crippen LogP contribution in [-0.2, 0) is 4.79 Å². The Morgan fingerprint density at radius 1 is 1.50 bits per heavy atom. The molecule has 0 aromatic carbocycles. The van der Waals surface area contributed by atoms with Crippen molar-refractivity contribution >= 4 is 11.8 Å². The van der Waals surface area contributed by atoms with Crippen LogP contribution < -0.4 is 4.90 Å². The predicted octanol–water partition coefficient (Wildman–Crippen LogP) is 1.49. The fraction of sp³-hybridized carbons (Fsp3) is 0.385. The molecule has 1 fully saturated rings. The zero-order chi connectivity index (χ0) is 14.1.